The number of methoxy groups -OCH3 is 1. The fraction of sp³-hybridized carbons (Fsp3) is 0.478. The van der Waals surface area contributed by atoms with Gasteiger partial charge in [-0.3, -0.25) is 9.59 Å². The number of nitrogens with zero attached hydrogens (tertiary/aromatic N) is 3. The zero-order valence-corrected chi connectivity index (χ0v) is 17.4. The number of ether oxygens (including phenoxy) is 1. The summed E-state index contributed by atoms with van der Waals surface area (Å²) in [5, 5.41) is 0. The highest BCUT2D eigenvalue weighted by Crippen LogP contribution is 2.28. The third-order valence-electron chi connectivity index (χ3n) is 5.63. The van der Waals surface area contributed by atoms with E-state index in [4.69, 9.17) is 4.74 Å². The molecule has 1 aliphatic carbocycles. The summed E-state index contributed by atoms with van der Waals surface area (Å²) in [5.74, 6) is 0.106. The molecule has 0 aliphatic heterocycles. The summed E-state index contributed by atoms with van der Waals surface area (Å²) in [4.78, 5) is 29.6. The highest BCUT2D eigenvalue weighted by molar-refractivity contribution is 5.86. The highest BCUT2D eigenvalue weighted by Gasteiger charge is 2.31. The maximum atomic E-state index is 13.3. The van der Waals surface area contributed by atoms with Gasteiger partial charge >= 0.3 is 0 Å². The summed E-state index contributed by atoms with van der Waals surface area (Å²) in [5.41, 5.74) is 2.13. The lowest BCUT2D eigenvalue weighted by Gasteiger charge is -2.33. The molecule has 0 N–H and O–H groups in total. The molecule has 0 radical (unpaired) electrons. The van der Waals surface area contributed by atoms with Crippen LogP contribution in [0, 0.1) is 5.92 Å². The molecule has 0 spiro atoms. The second kappa shape index (κ2) is 10.3. The quantitative estimate of drug-likeness (QED) is 0.619. The number of aryl methyl sites for hydroxylation is 1. The maximum Gasteiger partial charge on any atom is 0.242 e. The molecule has 0 saturated heterocycles. The Labute approximate surface area is 173 Å². The first-order chi connectivity index (χ1) is 14.1. The van der Waals surface area contributed by atoms with E-state index in [1.54, 1.807) is 12.0 Å². The fourth-order valence-corrected chi connectivity index (χ4v) is 3.54. The van der Waals surface area contributed by atoms with Crippen LogP contribution in [0.3, 0.4) is 0 Å². The number of carbonyl (C=O) groups excluding carboxylic acids is 2. The molecule has 1 aromatic heterocycles. The van der Waals surface area contributed by atoms with Crippen LogP contribution in [0.25, 0.3) is 0 Å². The minimum Gasteiger partial charge on any atom is -0.383 e. The summed E-state index contributed by atoms with van der Waals surface area (Å²) in [7, 11) is 3.59. The minimum absolute atomic E-state index is 0.0428. The van der Waals surface area contributed by atoms with Gasteiger partial charge in [-0.2, -0.15) is 0 Å². The van der Waals surface area contributed by atoms with Gasteiger partial charge in [-0.25, -0.2) is 0 Å². The first-order valence-electron chi connectivity index (χ1n) is 10.3. The van der Waals surface area contributed by atoms with Gasteiger partial charge in [-0.15, -0.1) is 0 Å². The Morgan fingerprint density at radius 3 is 2.41 bits per heavy atom. The van der Waals surface area contributed by atoms with Crippen LogP contribution in [0.4, 0.5) is 0 Å². The fourth-order valence-electron chi connectivity index (χ4n) is 3.54. The summed E-state index contributed by atoms with van der Waals surface area (Å²) in [6, 6.07) is 14.0. The highest BCUT2D eigenvalue weighted by atomic mass is 16.5. The molecule has 2 amide bonds. The molecule has 1 aliphatic rings. The van der Waals surface area contributed by atoms with Crippen LogP contribution in [-0.2, 0) is 34.5 Å². The third-order valence-corrected chi connectivity index (χ3v) is 5.63. The van der Waals surface area contributed by atoms with Gasteiger partial charge < -0.3 is 19.1 Å². The van der Waals surface area contributed by atoms with E-state index in [0.29, 0.717) is 26.2 Å². The van der Waals surface area contributed by atoms with Crippen LogP contribution in [0.2, 0.25) is 0 Å². The Hall–Kier alpha value is -2.60. The zero-order chi connectivity index (χ0) is 20.6. The second-order valence-electron chi connectivity index (χ2n) is 7.73. The van der Waals surface area contributed by atoms with Crippen molar-refractivity contribution in [1.82, 2.24) is 14.4 Å². The maximum absolute atomic E-state index is 13.3. The minimum atomic E-state index is -0.0428. The molecule has 156 valence electrons. The molecular formula is C23H31N3O3. The van der Waals surface area contributed by atoms with Gasteiger partial charge in [-0.05, 0) is 30.5 Å². The number of carbonyl (C=O) groups is 2. The summed E-state index contributed by atoms with van der Waals surface area (Å²) in [6.07, 6.45) is 4.92. The van der Waals surface area contributed by atoms with Crippen molar-refractivity contribution < 1.29 is 14.3 Å². The topological polar surface area (TPSA) is 54.8 Å². The normalized spacial score (nSPS) is 13.7. The molecule has 1 aromatic carbocycles. The number of amides is 2. The molecule has 2 aromatic rings. The van der Waals surface area contributed by atoms with Crippen molar-refractivity contribution in [2.75, 3.05) is 26.8 Å². The van der Waals surface area contributed by atoms with Crippen molar-refractivity contribution in [2.45, 2.75) is 32.4 Å². The molecule has 6 heteroatoms. The van der Waals surface area contributed by atoms with E-state index in [-0.39, 0.29) is 24.3 Å². The van der Waals surface area contributed by atoms with Crippen LogP contribution < -0.4 is 0 Å². The van der Waals surface area contributed by atoms with Crippen LogP contribution in [-0.4, -0.2) is 53.0 Å². The van der Waals surface area contributed by atoms with Gasteiger partial charge in [0, 0.05) is 45.1 Å². The Kier molecular flexibility index (Phi) is 7.47. The van der Waals surface area contributed by atoms with E-state index in [0.717, 1.165) is 30.5 Å². The van der Waals surface area contributed by atoms with E-state index >= 15 is 0 Å². The molecule has 3 rings (SSSR count). The van der Waals surface area contributed by atoms with Crippen molar-refractivity contribution in [2.24, 2.45) is 13.0 Å². The van der Waals surface area contributed by atoms with Crippen LogP contribution in [0.1, 0.15) is 30.5 Å². The molecule has 1 fully saturated rings. The third kappa shape index (κ3) is 5.70. The van der Waals surface area contributed by atoms with E-state index in [1.807, 2.05) is 65.2 Å². The van der Waals surface area contributed by atoms with E-state index in [2.05, 4.69) is 0 Å². The predicted molar refractivity (Wildman–Crippen MR) is 112 cm³/mol. The molecule has 0 atom stereocenters. The summed E-state index contributed by atoms with van der Waals surface area (Å²) in [6.45, 7) is 1.99. The first-order valence-corrected chi connectivity index (χ1v) is 10.3. The molecule has 1 saturated carbocycles. The SMILES string of the molecule is COCCN(CC(=O)N(Cc1ccccc1)Cc1cccn1C)C(=O)C1CCC1. The number of rotatable bonds is 10. The van der Waals surface area contributed by atoms with Gasteiger partial charge in [0.2, 0.25) is 11.8 Å². The second-order valence-corrected chi connectivity index (χ2v) is 7.73. The average Bonchev–Trinajstić information content (AvgIpc) is 3.08. The lowest BCUT2D eigenvalue weighted by molar-refractivity contribution is -0.145. The van der Waals surface area contributed by atoms with E-state index < -0.39 is 0 Å². The predicted octanol–water partition coefficient (Wildman–Crippen LogP) is 2.83. The van der Waals surface area contributed by atoms with Crippen molar-refractivity contribution in [3.63, 3.8) is 0 Å². The van der Waals surface area contributed by atoms with Crippen LogP contribution in [0.5, 0.6) is 0 Å². The summed E-state index contributed by atoms with van der Waals surface area (Å²) < 4.78 is 7.19. The van der Waals surface area contributed by atoms with Gasteiger partial charge in [0.25, 0.3) is 0 Å². The molecule has 29 heavy (non-hydrogen) atoms. The largest absolute Gasteiger partial charge is 0.383 e. The van der Waals surface area contributed by atoms with Gasteiger partial charge in [-0.1, -0.05) is 36.8 Å². The molecule has 6 nitrogen and oxygen atoms in total. The van der Waals surface area contributed by atoms with E-state index in [1.165, 1.54) is 0 Å². The van der Waals surface area contributed by atoms with Gasteiger partial charge in [0.1, 0.15) is 0 Å². The van der Waals surface area contributed by atoms with Crippen molar-refractivity contribution in [3.8, 4) is 0 Å². The number of aromatic nitrogens is 1. The molecule has 1 heterocycles. The lowest BCUT2D eigenvalue weighted by Crippen LogP contribution is -2.47. The number of hydrogen-bond donors (Lipinski definition) is 0. The first kappa shape index (κ1) is 21.1. The molecular weight excluding hydrogens is 366 g/mol. The van der Waals surface area contributed by atoms with Gasteiger partial charge in [0.05, 0.1) is 19.7 Å². The van der Waals surface area contributed by atoms with E-state index in [9.17, 15) is 9.59 Å². The average molecular weight is 398 g/mol. The Balaban J connectivity index is 1.73. The van der Waals surface area contributed by atoms with Crippen LogP contribution in [0.15, 0.2) is 48.7 Å². The van der Waals surface area contributed by atoms with Gasteiger partial charge in [0.15, 0.2) is 0 Å². The standard InChI is InChI=1S/C23H31N3O3/c1-24-13-7-12-21(24)17-26(16-19-8-4-3-5-9-19)22(27)18-25(14-15-29-2)23(28)20-10-6-11-20/h3-5,7-9,12-13,20H,6,10-11,14-18H2,1-2H3. The Morgan fingerprint density at radius 1 is 1.07 bits per heavy atom. The molecule has 0 bridgehead atoms. The smallest absolute Gasteiger partial charge is 0.242 e. The molecule has 0 unspecified atom stereocenters. The van der Waals surface area contributed by atoms with Crippen molar-refractivity contribution in [1.29, 1.82) is 0 Å². The van der Waals surface area contributed by atoms with Crippen molar-refractivity contribution >= 4 is 11.8 Å². The number of hydrogen-bond acceptors (Lipinski definition) is 3. The lowest BCUT2D eigenvalue weighted by atomic mass is 9.84. The monoisotopic (exact) mass is 397 g/mol. The summed E-state index contributed by atoms with van der Waals surface area (Å²) >= 11 is 0. The Bertz CT molecular complexity index is 799. The zero-order valence-electron chi connectivity index (χ0n) is 17.4. The Morgan fingerprint density at radius 2 is 1.83 bits per heavy atom. The van der Waals surface area contributed by atoms with Crippen molar-refractivity contribution in [3.05, 3.63) is 59.9 Å². The van der Waals surface area contributed by atoms with Crippen LogP contribution >= 0.6 is 0 Å². The number of benzene rings is 1.